The molecule has 1 N–H and O–H groups in total. The third kappa shape index (κ3) is 5.26. The van der Waals surface area contributed by atoms with Crippen LogP contribution in [0.1, 0.15) is 13.3 Å². The van der Waals surface area contributed by atoms with Crippen molar-refractivity contribution in [2.45, 2.75) is 28.6 Å². The van der Waals surface area contributed by atoms with E-state index in [-0.39, 0.29) is 16.9 Å². The molecule has 120 valence electrons. The van der Waals surface area contributed by atoms with Crippen molar-refractivity contribution in [1.82, 2.24) is 20.2 Å². The molecule has 0 bridgehead atoms. The average Bonchev–Trinajstić information content (AvgIpc) is 2.93. The van der Waals surface area contributed by atoms with Crippen LogP contribution in [0.3, 0.4) is 0 Å². The molecule has 0 saturated carbocycles. The van der Waals surface area contributed by atoms with Crippen LogP contribution in [0, 0.1) is 11.3 Å². The van der Waals surface area contributed by atoms with Gasteiger partial charge in [-0.2, -0.15) is 5.26 Å². The van der Waals surface area contributed by atoms with E-state index < -0.39 is 0 Å². The maximum absolute atomic E-state index is 12.1. The van der Waals surface area contributed by atoms with Gasteiger partial charge in [-0.25, -0.2) is 4.68 Å². The van der Waals surface area contributed by atoms with Gasteiger partial charge in [-0.1, -0.05) is 30.8 Å². The largest absolute Gasteiger partial charge is 0.324 e. The Kier molecular flexibility index (Phi) is 6.43. The highest BCUT2D eigenvalue weighted by Gasteiger charge is 2.12. The van der Waals surface area contributed by atoms with Crippen molar-refractivity contribution < 1.29 is 4.79 Å². The normalized spacial score (nSPS) is 11.7. The van der Waals surface area contributed by atoms with E-state index in [0.717, 1.165) is 10.6 Å². The van der Waals surface area contributed by atoms with Gasteiger partial charge in [-0.3, -0.25) is 4.79 Å². The number of aromatic nitrogens is 4. The first kappa shape index (κ1) is 17.3. The molecule has 23 heavy (non-hydrogen) atoms. The highest BCUT2D eigenvalue weighted by molar-refractivity contribution is 8.00. The van der Waals surface area contributed by atoms with Crippen LogP contribution in [0.25, 0.3) is 0 Å². The van der Waals surface area contributed by atoms with Crippen LogP contribution in [0.4, 0.5) is 5.69 Å². The number of carbonyl (C=O) groups excluding carboxylic acids is 1. The standard InChI is InChI=1S/C14H16N6OS2/c1-10(7-8-15)23-12-6-4-3-5-11(12)16-13(21)9-22-14-17-18-19-20(14)2/h3-6,10H,7,9H2,1-2H3,(H,16,21)/t10-/m0/s1. The Bertz CT molecular complexity index is 711. The minimum absolute atomic E-state index is 0.126. The van der Waals surface area contributed by atoms with Gasteiger partial charge in [0.15, 0.2) is 0 Å². The van der Waals surface area contributed by atoms with Crippen LogP contribution < -0.4 is 5.32 Å². The Labute approximate surface area is 142 Å². The first-order valence-electron chi connectivity index (χ1n) is 6.87. The number of nitrogens with zero attached hydrogens (tertiary/aromatic N) is 5. The fourth-order valence-electron chi connectivity index (χ4n) is 1.72. The van der Waals surface area contributed by atoms with Crippen molar-refractivity contribution in [3.8, 4) is 6.07 Å². The number of nitrogens with one attached hydrogen (secondary N) is 1. The van der Waals surface area contributed by atoms with E-state index in [1.165, 1.54) is 16.4 Å². The zero-order valence-corrected chi connectivity index (χ0v) is 14.4. The quantitative estimate of drug-likeness (QED) is 0.767. The van der Waals surface area contributed by atoms with E-state index in [1.807, 2.05) is 31.2 Å². The lowest BCUT2D eigenvalue weighted by Gasteiger charge is -2.13. The average molecular weight is 348 g/mol. The molecule has 0 radical (unpaired) electrons. The fourth-order valence-corrected chi connectivity index (χ4v) is 3.36. The topological polar surface area (TPSA) is 96.5 Å². The summed E-state index contributed by atoms with van der Waals surface area (Å²) in [6.07, 6.45) is 0.460. The van der Waals surface area contributed by atoms with Crippen LogP contribution in [-0.2, 0) is 11.8 Å². The molecule has 1 aromatic heterocycles. The number of hydrogen-bond acceptors (Lipinski definition) is 7. The molecule has 0 aliphatic rings. The number of aryl methyl sites for hydroxylation is 1. The molecule has 0 unspecified atom stereocenters. The number of rotatable bonds is 7. The zero-order chi connectivity index (χ0) is 16.7. The number of para-hydroxylation sites is 1. The van der Waals surface area contributed by atoms with E-state index in [0.29, 0.717) is 11.6 Å². The lowest BCUT2D eigenvalue weighted by atomic mass is 10.3. The summed E-state index contributed by atoms with van der Waals surface area (Å²) in [6.45, 7) is 1.99. The second-order valence-corrected chi connectivity index (χ2v) is 7.13. The van der Waals surface area contributed by atoms with E-state index in [9.17, 15) is 4.79 Å². The predicted molar refractivity (Wildman–Crippen MR) is 90.1 cm³/mol. The van der Waals surface area contributed by atoms with Crippen LogP contribution in [0.2, 0.25) is 0 Å². The van der Waals surface area contributed by atoms with Crippen molar-refractivity contribution in [3.63, 3.8) is 0 Å². The van der Waals surface area contributed by atoms with Crippen LogP contribution in [0.15, 0.2) is 34.3 Å². The van der Waals surface area contributed by atoms with Crippen molar-refractivity contribution in [1.29, 1.82) is 5.26 Å². The highest BCUT2D eigenvalue weighted by atomic mass is 32.2. The molecule has 1 amide bonds. The highest BCUT2D eigenvalue weighted by Crippen LogP contribution is 2.31. The minimum Gasteiger partial charge on any atom is -0.324 e. The van der Waals surface area contributed by atoms with E-state index in [4.69, 9.17) is 5.26 Å². The Morgan fingerprint density at radius 1 is 1.48 bits per heavy atom. The maximum Gasteiger partial charge on any atom is 0.234 e. The molecular formula is C14H16N6OS2. The lowest BCUT2D eigenvalue weighted by molar-refractivity contribution is -0.113. The SMILES string of the molecule is C[C@@H](CC#N)Sc1ccccc1NC(=O)CSc1nnnn1C. The second kappa shape index (κ2) is 8.55. The summed E-state index contributed by atoms with van der Waals surface area (Å²) in [5.74, 6) is 0.0972. The Morgan fingerprint density at radius 2 is 2.26 bits per heavy atom. The molecule has 0 spiro atoms. The summed E-state index contributed by atoms with van der Waals surface area (Å²) in [5.41, 5.74) is 0.754. The maximum atomic E-state index is 12.1. The molecule has 7 nitrogen and oxygen atoms in total. The second-order valence-electron chi connectivity index (χ2n) is 4.71. The monoisotopic (exact) mass is 348 g/mol. The number of carbonyl (C=O) groups is 1. The molecule has 0 saturated heterocycles. The summed E-state index contributed by atoms with van der Waals surface area (Å²) in [4.78, 5) is 13.1. The number of tetrazole rings is 1. The zero-order valence-electron chi connectivity index (χ0n) is 12.8. The van der Waals surface area contributed by atoms with Crippen molar-refractivity contribution in [2.75, 3.05) is 11.1 Å². The van der Waals surface area contributed by atoms with Crippen molar-refractivity contribution in [3.05, 3.63) is 24.3 Å². The van der Waals surface area contributed by atoms with Gasteiger partial charge in [-0.15, -0.1) is 16.9 Å². The molecule has 1 atom stereocenters. The first-order chi connectivity index (χ1) is 11.1. The molecule has 0 aliphatic heterocycles. The third-order valence-corrected chi connectivity index (χ3v) is 4.97. The van der Waals surface area contributed by atoms with Gasteiger partial charge in [0.1, 0.15) is 0 Å². The van der Waals surface area contributed by atoms with Crippen molar-refractivity contribution >= 4 is 35.1 Å². The smallest absolute Gasteiger partial charge is 0.234 e. The molecule has 2 aromatic rings. The van der Waals surface area contributed by atoms with E-state index >= 15 is 0 Å². The molecule has 1 aromatic carbocycles. The van der Waals surface area contributed by atoms with Gasteiger partial charge in [0.2, 0.25) is 11.1 Å². The number of amides is 1. The lowest BCUT2D eigenvalue weighted by Crippen LogP contribution is -2.15. The summed E-state index contributed by atoms with van der Waals surface area (Å²) in [7, 11) is 1.72. The Hall–Kier alpha value is -2.05. The van der Waals surface area contributed by atoms with Gasteiger partial charge in [-0.05, 0) is 22.6 Å². The molecule has 2 rings (SSSR count). The number of benzene rings is 1. The molecular weight excluding hydrogens is 332 g/mol. The van der Waals surface area contributed by atoms with Crippen LogP contribution in [0.5, 0.6) is 0 Å². The van der Waals surface area contributed by atoms with Crippen molar-refractivity contribution in [2.24, 2.45) is 7.05 Å². The van der Waals surface area contributed by atoms with Gasteiger partial charge in [0, 0.05) is 23.6 Å². The summed E-state index contributed by atoms with van der Waals surface area (Å²) in [5, 5.41) is 23.5. The molecule has 0 fully saturated rings. The number of nitriles is 1. The van der Waals surface area contributed by atoms with E-state index in [1.54, 1.807) is 18.8 Å². The molecule has 0 aliphatic carbocycles. The minimum atomic E-state index is -0.126. The van der Waals surface area contributed by atoms with Gasteiger partial charge in [0.25, 0.3) is 0 Å². The van der Waals surface area contributed by atoms with Crippen LogP contribution in [-0.4, -0.2) is 37.1 Å². The summed E-state index contributed by atoms with van der Waals surface area (Å²) < 4.78 is 1.52. The molecule has 9 heteroatoms. The summed E-state index contributed by atoms with van der Waals surface area (Å²) >= 11 is 2.85. The first-order valence-corrected chi connectivity index (χ1v) is 8.74. The summed E-state index contributed by atoms with van der Waals surface area (Å²) in [6, 6.07) is 9.73. The van der Waals surface area contributed by atoms with Gasteiger partial charge in [0.05, 0.1) is 17.5 Å². The van der Waals surface area contributed by atoms with Crippen LogP contribution >= 0.6 is 23.5 Å². The Morgan fingerprint density at radius 3 is 2.96 bits per heavy atom. The number of thioether (sulfide) groups is 2. The van der Waals surface area contributed by atoms with E-state index in [2.05, 4.69) is 26.9 Å². The Balaban J connectivity index is 1.95. The van der Waals surface area contributed by atoms with Gasteiger partial charge >= 0.3 is 0 Å². The number of hydrogen-bond donors (Lipinski definition) is 1. The fraction of sp³-hybridized carbons (Fsp3) is 0.357. The predicted octanol–water partition coefficient (Wildman–Crippen LogP) is 2.34. The third-order valence-electron chi connectivity index (χ3n) is 2.78. The molecule has 1 heterocycles. The number of anilines is 1. The van der Waals surface area contributed by atoms with Gasteiger partial charge < -0.3 is 5.32 Å².